The Morgan fingerprint density at radius 3 is 2.38 bits per heavy atom. The molecule has 0 saturated heterocycles. The van der Waals surface area contributed by atoms with Gasteiger partial charge in [-0.15, -0.1) is 0 Å². The average Bonchev–Trinajstić information content (AvgIpc) is 2.71. The Bertz CT molecular complexity index is 532. The summed E-state index contributed by atoms with van der Waals surface area (Å²) in [5.74, 6) is 0.834. The van der Waals surface area contributed by atoms with Gasteiger partial charge < -0.3 is 9.30 Å². The first-order valence-electron chi connectivity index (χ1n) is 4.95. The summed E-state index contributed by atoms with van der Waals surface area (Å²) >= 11 is 0. The molecule has 0 radical (unpaired) electrons. The van der Waals surface area contributed by atoms with Crippen LogP contribution < -0.4 is 4.74 Å². The molecule has 2 aromatic rings. The van der Waals surface area contributed by atoms with E-state index in [4.69, 9.17) is 10.00 Å². The first-order chi connectivity index (χ1) is 7.74. The van der Waals surface area contributed by atoms with E-state index in [0.717, 1.165) is 16.9 Å². The molecule has 1 heterocycles. The molecule has 0 bridgehead atoms. The van der Waals surface area contributed by atoms with Crippen molar-refractivity contribution < 1.29 is 4.74 Å². The van der Waals surface area contributed by atoms with Gasteiger partial charge in [0, 0.05) is 18.8 Å². The second-order valence-electron chi connectivity index (χ2n) is 3.57. The van der Waals surface area contributed by atoms with E-state index < -0.39 is 0 Å². The van der Waals surface area contributed by atoms with E-state index in [1.165, 1.54) is 0 Å². The van der Waals surface area contributed by atoms with Crippen molar-refractivity contribution in [2.24, 2.45) is 7.05 Å². The van der Waals surface area contributed by atoms with Crippen LogP contribution in [0.15, 0.2) is 36.5 Å². The van der Waals surface area contributed by atoms with Gasteiger partial charge in [0.1, 0.15) is 17.5 Å². The summed E-state index contributed by atoms with van der Waals surface area (Å²) in [5, 5.41) is 8.87. The Morgan fingerprint density at radius 2 is 1.88 bits per heavy atom. The van der Waals surface area contributed by atoms with Gasteiger partial charge in [-0.2, -0.15) is 5.26 Å². The Kier molecular flexibility index (Phi) is 2.65. The van der Waals surface area contributed by atoms with Crippen molar-refractivity contribution in [1.82, 2.24) is 4.57 Å². The Labute approximate surface area is 94.5 Å². The van der Waals surface area contributed by atoms with E-state index in [-0.39, 0.29) is 0 Å². The van der Waals surface area contributed by atoms with E-state index in [1.807, 2.05) is 48.1 Å². The van der Waals surface area contributed by atoms with Crippen LogP contribution in [0.2, 0.25) is 0 Å². The third kappa shape index (κ3) is 1.78. The van der Waals surface area contributed by atoms with Crippen LogP contribution in [0.1, 0.15) is 5.69 Å². The molecule has 0 aliphatic carbocycles. The summed E-state index contributed by atoms with van der Waals surface area (Å²) < 4.78 is 6.92. The molecule has 0 aliphatic heterocycles. The first kappa shape index (κ1) is 10.3. The minimum atomic E-state index is 0.658. The molecule has 0 aliphatic rings. The second-order valence-corrected chi connectivity index (χ2v) is 3.57. The van der Waals surface area contributed by atoms with Crippen LogP contribution in [-0.4, -0.2) is 11.7 Å². The molecule has 0 fully saturated rings. The lowest BCUT2D eigenvalue weighted by molar-refractivity contribution is 0.415. The molecule has 1 aromatic carbocycles. The Balaban J connectivity index is 2.39. The summed E-state index contributed by atoms with van der Waals surface area (Å²) in [6.07, 6.45) is 1.94. The van der Waals surface area contributed by atoms with Crippen LogP contribution in [0.5, 0.6) is 5.75 Å². The first-order valence-corrected chi connectivity index (χ1v) is 4.95. The lowest BCUT2D eigenvalue weighted by Crippen LogP contribution is -1.86. The molecular formula is C13H12N2O. The van der Waals surface area contributed by atoms with Crippen LogP contribution in [0, 0.1) is 11.3 Å². The SMILES string of the molecule is COc1ccc(-c2cc(C#N)n(C)c2)cc1. The summed E-state index contributed by atoms with van der Waals surface area (Å²) in [7, 11) is 3.51. The fraction of sp³-hybridized carbons (Fsp3) is 0.154. The molecule has 0 unspecified atom stereocenters. The number of ether oxygens (including phenoxy) is 1. The van der Waals surface area contributed by atoms with Crippen LogP contribution in [0.3, 0.4) is 0 Å². The van der Waals surface area contributed by atoms with Gasteiger partial charge >= 0.3 is 0 Å². The highest BCUT2D eigenvalue weighted by Gasteiger charge is 2.04. The zero-order valence-corrected chi connectivity index (χ0v) is 9.27. The predicted molar refractivity (Wildman–Crippen MR) is 62.1 cm³/mol. The van der Waals surface area contributed by atoms with E-state index in [0.29, 0.717) is 5.69 Å². The summed E-state index contributed by atoms with van der Waals surface area (Å²) in [5.41, 5.74) is 2.78. The number of benzene rings is 1. The number of rotatable bonds is 2. The van der Waals surface area contributed by atoms with Crippen molar-refractivity contribution in [2.75, 3.05) is 7.11 Å². The number of nitriles is 1. The predicted octanol–water partition coefficient (Wildman–Crippen LogP) is 2.57. The lowest BCUT2D eigenvalue weighted by atomic mass is 10.1. The van der Waals surface area contributed by atoms with Gasteiger partial charge in [0.05, 0.1) is 7.11 Å². The zero-order valence-electron chi connectivity index (χ0n) is 9.27. The van der Waals surface area contributed by atoms with Gasteiger partial charge in [0.2, 0.25) is 0 Å². The van der Waals surface area contributed by atoms with Gasteiger partial charge in [0.15, 0.2) is 0 Å². The third-order valence-corrected chi connectivity index (χ3v) is 2.54. The zero-order chi connectivity index (χ0) is 11.5. The van der Waals surface area contributed by atoms with Crippen molar-refractivity contribution in [3.63, 3.8) is 0 Å². The highest BCUT2D eigenvalue weighted by Crippen LogP contribution is 2.23. The third-order valence-electron chi connectivity index (χ3n) is 2.54. The number of hydrogen-bond donors (Lipinski definition) is 0. The molecule has 0 atom stereocenters. The molecule has 2 rings (SSSR count). The van der Waals surface area contributed by atoms with Gasteiger partial charge in [-0.05, 0) is 23.8 Å². The van der Waals surface area contributed by atoms with Crippen LogP contribution in [-0.2, 0) is 7.05 Å². The van der Waals surface area contributed by atoms with Crippen LogP contribution >= 0.6 is 0 Å². The largest absolute Gasteiger partial charge is 0.497 e. The fourth-order valence-corrected chi connectivity index (χ4v) is 1.62. The van der Waals surface area contributed by atoms with Gasteiger partial charge in [-0.3, -0.25) is 0 Å². The van der Waals surface area contributed by atoms with Crippen LogP contribution in [0.25, 0.3) is 11.1 Å². The van der Waals surface area contributed by atoms with Crippen molar-refractivity contribution in [3.05, 3.63) is 42.2 Å². The lowest BCUT2D eigenvalue weighted by Gasteiger charge is -2.00. The van der Waals surface area contributed by atoms with E-state index in [9.17, 15) is 0 Å². The van der Waals surface area contributed by atoms with Crippen molar-refractivity contribution in [1.29, 1.82) is 5.26 Å². The van der Waals surface area contributed by atoms with Gasteiger partial charge in [-0.25, -0.2) is 0 Å². The normalized spacial score (nSPS) is 9.81. The molecule has 0 N–H and O–H groups in total. The van der Waals surface area contributed by atoms with Gasteiger partial charge in [0.25, 0.3) is 0 Å². The monoisotopic (exact) mass is 212 g/mol. The maximum atomic E-state index is 8.87. The van der Waals surface area contributed by atoms with Crippen LogP contribution in [0.4, 0.5) is 0 Å². The molecule has 80 valence electrons. The van der Waals surface area contributed by atoms with Crippen molar-refractivity contribution in [2.45, 2.75) is 0 Å². The Hall–Kier alpha value is -2.21. The smallest absolute Gasteiger partial charge is 0.120 e. The summed E-state index contributed by atoms with van der Waals surface area (Å²) in [6.45, 7) is 0. The number of aryl methyl sites for hydroxylation is 1. The summed E-state index contributed by atoms with van der Waals surface area (Å²) in [6, 6.07) is 11.8. The second kappa shape index (κ2) is 4.11. The Morgan fingerprint density at radius 1 is 1.19 bits per heavy atom. The number of aromatic nitrogens is 1. The molecule has 1 aromatic heterocycles. The molecular weight excluding hydrogens is 200 g/mol. The highest BCUT2D eigenvalue weighted by atomic mass is 16.5. The van der Waals surface area contributed by atoms with Crippen molar-refractivity contribution in [3.8, 4) is 22.9 Å². The van der Waals surface area contributed by atoms with E-state index in [1.54, 1.807) is 7.11 Å². The maximum absolute atomic E-state index is 8.87. The minimum absolute atomic E-state index is 0.658. The number of nitrogens with zero attached hydrogens (tertiary/aromatic N) is 2. The van der Waals surface area contributed by atoms with E-state index in [2.05, 4.69) is 6.07 Å². The van der Waals surface area contributed by atoms with Crippen molar-refractivity contribution >= 4 is 0 Å². The molecule has 16 heavy (non-hydrogen) atoms. The number of hydrogen-bond acceptors (Lipinski definition) is 2. The van der Waals surface area contributed by atoms with Gasteiger partial charge in [-0.1, -0.05) is 12.1 Å². The highest BCUT2D eigenvalue weighted by molar-refractivity contribution is 5.65. The molecule has 0 amide bonds. The average molecular weight is 212 g/mol. The van der Waals surface area contributed by atoms with E-state index >= 15 is 0 Å². The maximum Gasteiger partial charge on any atom is 0.120 e. The molecule has 3 heteroatoms. The number of methoxy groups -OCH3 is 1. The molecule has 0 saturated carbocycles. The quantitative estimate of drug-likeness (QED) is 0.767. The standard InChI is InChI=1S/C13H12N2O/c1-15-9-11(7-12(15)8-14)10-3-5-13(16-2)6-4-10/h3-7,9H,1-2H3. The topological polar surface area (TPSA) is 37.9 Å². The molecule has 3 nitrogen and oxygen atoms in total. The minimum Gasteiger partial charge on any atom is -0.497 e. The molecule has 0 spiro atoms. The summed E-state index contributed by atoms with van der Waals surface area (Å²) in [4.78, 5) is 0. The fourth-order valence-electron chi connectivity index (χ4n) is 1.62.